The number of para-hydroxylation sites is 1. The highest BCUT2D eigenvalue weighted by atomic mass is 16.5. The van der Waals surface area contributed by atoms with Crippen LogP contribution in [0.3, 0.4) is 0 Å². The minimum atomic E-state index is -0.434. The number of amides is 1. The topological polar surface area (TPSA) is 67.9 Å². The zero-order chi connectivity index (χ0) is 19.8. The summed E-state index contributed by atoms with van der Waals surface area (Å²) in [6.45, 7) is 5.20. The van der Waals surface area contributed by atoms with E-state index in [1.165, 1.54) is 7.11 Å². The van der Waals surface area contributed by atoms with Crippen molar-refractivity contribution in [2.45, 2.75) is 13.8 Å². The van der Waals surface area contributed by atoms with Crippen LogP contribution in [0, 0.1) is 13.8 Å². The Balaban J connectivity index is 1.84. The Hall–Kier alpha value is -2.86. The number of benzene rings is 2. The molecule has 0 aliphatic rings. The average Bonchev–Trinajstić information content (AvgIpc) is 2.64. The summed E-state index contributed by atoms with van der Waals surface area (Å²) in [5, 5.41) is 2.85. The van der Waals surface area contributed by atoms with E-state index in [1.807, 2.05) is 50.1 Å². The highest BCUT2D eigenvalue weighted by molar-refractivity contribution is 5.96. The molecule has 0 bridgehead atoms. The summed E-state index contributed by atoms with van der Waals surface area (Å²) in [5.74, 6) is 0.264. The normalized spacial score (nSPS) is 10.6. The lowest BCUT2D eigenvalue weighted by molar-refractivity contribution is -0.117. The molecule has 0 fully saturated rings. The minimum Gasteiger partial charge on any atom is -0.492 e. The van der Waals surface area contributed by atoms with Gasteiger partial charge in [-0.25, -0.2) is 4.79 Å². The van der Waals surface area contributed by atoms with E-state index in [9.17, 15) is 9.59 Å². The number of aryl methyl sites for hydroxylation is 2. The van der Waals surface area contributed by atoms with Gasteiger partial charge in [-0.05, 0) is 50.2 Å². The Kier molecular flexibility index (Phi) is 7.37. The van der Waals surface area contributed by atoms with Gasteiger partial charge in [0.05, 0.1) is 19.2 Å². The van der Waals surface area contributed by atoms with Crippen LogP contribution in [-0.4, -0.2) is 50.6 Å². The molecule has 0 atom stereocenters. The van der Waals surface area contributed by atoms with Crippen molar-refractivity contribution in [2.24, 2.45) is 0 Å². The molecule has 27 heavy (non-hydrogen) atoms. The van der Waals surface area contributed by atoms with Gasteiger partial charge in [-0.15, -0.1) is 0 Å². The molecule has 144 valence electrons. The number of likely N-dealkylation sites (N-methyl/N-ethyl adjacent to an activating group) is 1. The van der Waals surface area contributed by atoms with Crippen molar-refractivity contribution < 1.29 is 19.1 Å². The number of nitrogens with one attached hydrogen (secondary N) is 1. The predicted molar refractivity (Wildman–Crippen MR) is 105 cm³/mol. The number of anilines is 1. The summed E-state index contributed by atoms with van der Waals surface area (Å²) in [6.07, 6.45) is 0. The standard InChI is InChI=1S/C21H26N2O4/c1-15-9-10-17(21(25)26-4)13-18(15)22-20(24)14-23(3)11-12-27-19-8-6-5-7-16(19)2/h5-10,13H,11-12,14H2,1-4H3,(H,22,24). The number of methoxy groups -OCH3 is 1. The molecule has 0 radical (unpaired) electrons. The minimum absolute atomic E-state index is 0.154. The third kappa shape index (κ3) is 6.11. The van der Waals surface area contributed by atoms with Crippen LogP contribution in [0.15, 0.2) is 42.5 Å². The number of hydrogen-bond donors (Lipinski definition) is 1. The van der Waals surface area contributed by atoms with Crippen molar-refractivity contribution in [1.82, 2.24) is 4.90 Å². The molecular formula is C21H26N2O4. The number of hydrogen-bond acceptors (Lipinski definition) is 5. The van der Waals surface area contributed by atoms with E-state index in [0.29, 0.717) is 24.4 Å². The number of carbonyl (C=O) groups is 2. The molecule has 6 nitrogen and oxygen atoms in total. The largest absolute Gasteiger partial charge is 0.492 e. The Labute approximate surface area is 160 Å². The molecule has 6 heteroatoms. The second-order valence-corrected chi connectivity index (χ2v) is 6.42. The third-order valence-corrected chi connectivity index (χ3v) is 4.17. The summed E-state index contributed by atoms with van der Waals surface area (Å²) in [7, 11) is 3.19. The molecule has 0 aliphatic heterocycles. The second kappa shape index (κ2) is 9.73. The monoisotopic (exact) mass is 370 g/mol. The van der Waals surface area contributed by atoms with Gasteiger partial charge < -0.3 is 14.8 Å². The number of nitrogens with zero attached hydrogens (tertiary/aromatic N) is 1. The first-order chi connectivity index (χ1) is 12.9. The van der Waals surface area contributed by atoms with Crippen molar-refractivity contribution in [3.05, 3.63) is 59.2 Å². The SMILES string of the molecule is COC(=O)c1ccc(C)c(NC(=O)CN(C)CCOc2ccccc2C)c1. The van der Waals surface area contributed by atoms with Gasteiger partial charge in [-0.3, -0.25) is 9.69 Å². The van der Waals surface area contributed by atoms with Crippen molar-refractivity contribution in [1.29, 1.82) is 0 Å². The maximum atomic E-state index is 12.3. The van der Waals surface area contributed by atoms with Crippen LogP contribution in [0.1, 0.15) is 21.5 Å². The summed E-state index contributed by atoms with van der Waals surface area (Å²) < 4.78 is 10.5. The predicted octanol–water partition coefficient (Wildman–Crippen LogP) is 3.04. The molecule has 0 heterocycles. The summed E-state index contributed by atoms with van der Waals surface area (Å²) >= 11 is 0. The van der Waals surface area contributed by atoms with E-state index in [4.69, 9.17) is 9.47 Å². The first-order valence-electron chi connectivity index (χ1n) is 8.76. The summed E-state index contributed by atoms with van der Waals surface area (Å²) in [4.78, 5) is 25.8. The van der Waals surface area contributed by atoms with Crippen LogP contribution in [-0.2, 0) is 9.53 Å². The van der Waals surface area contributed by atoms with Crippen LogP contribution >= 0.6 is 0 Å². The number of carbonyl (C=O) groups excluding carboxylic acids is 2. The molecule has 1 amide bonds. The van der Waals surface area contributed by atoms with Crippen LogP contribution in [0.2, 0.25) is 0 Å². The van der Waals surface area contributed by atoms with Crippen molar-refractivity contribution in [2.75, 3.05) is 39.2 Å². The van der Waals surface area contributed by atoms with Gasteiger partial charge in [0.2, 0.25) is 5.91 Å². The van der Waals surface area contributed by atoms with Gasteiger partial charge in [-0.2, -0.15) is 0 Å². The molecule has 0 saturated carbocycles. The lowest BCUT2D eigenvalue weighted by atomic mass is 10.1. The summed E-state index contributed by atoms with van der Waals surface area (Å²) in [5.41, 5.74) is 2.96. The highest BCUT2D eigenvalue weighted by Gasteiger charge is 2.12. The van der Waals surface area contributed by atoms with Gasteiger partial charge in [-0.1, -0.05) is 24.3 Å². The van der Waals surface area contributed by atoms with Crippen molar-refractivity contribution >= 4 is 17.6 Å². The molecule has 2 aromatic carbocycles. The van der Waals surface area contributed by atoms with Crippen LogP contribution in [0.4, 0.5) is 5.69 Å². The van der Waals surface area contributed by atoms with E-state index >= 15 is 0 Å². The number of ether oxygens (including phenoxy) is 2. The lowest BCUT2D eigenvalue weighted by Crippen LogP contribution is -2.33. The van der Waals surface area contributed by atoms with Gasteiger partial charge in [0.1, 0.15) is 12.4 Å². The van der Waals surface area contributed by atoms with Gasteiger partial charge in [0.15, 0.2) is 0 Å². The van der Waals surface area contributed by atoms with E-state index in [0.717, 1.165) is 16.9 Å². The Morgan fingerprint density at radius 1 is 1.07 bits per heavy atom. The van der Waals surface area contributed by atoms with Gasteiger partial charge >= 0.3 is 5.97 Å². The molecule has 1 N–H and O–H groups in total. The Bertz CT molecular complexity index is 805. The molecule has 2 aromatic rings. The number of esters is 1. The maximum absolute atomic E-state index is 12.3. The highest BCUT2D eigenvalue weighted by Crippen LogP contribution is 2.18. The fraction of sp³-hybridized carbons (Fsp3) is 0.333. The summed E-state index contributed by atoms with van der Waals surface area (Å²) in [6, 6.07) is 12.9. The molecular weight excluding hydrogens is 344 g/mol. The van der Waals surface area contributed by atoms with E-state index in [1.54, 1.807) is 18.2 Å². The third-order valence-electron chi connectivity index (χ3n) is 4.17. The van der Waals surface area contributed by atoms with Gasteiger partial charge in [0.25, 0.3) is 0 Å². The Morgan fingerprint density at radius 3 is 2.52 bits per heavy atom. The smallest absolute Gasteiger partial charge is 0.337 e. The quantitative estimate of drug-likeness (QED) is 0.724. The Morgan fingerprint density at radius 2 is 1.81 bits per heavy atom. The van der Waals surface area contributed by atoms with Crippen molar-refractivity contribution in [3.63, 3.8) is 0 Å². The average molecular weight is 370 g/mol. The van der Waals surface area contributed by atoms with Crippen LogP contribution in [0.5, 0.6) is 5.75 Å². The van der Waals surface area contributed by atoms with Crippen LogP contribution < -0.4 is 10.1 Å². The first kappa shape index (κ1) is 20.5. The lowest BCUT2D eigenvalue weighted by Gasteiger charge is -2.18. The zero-order valence-electron chi connectivity index (χ0n) is 16.2. The molecule has 2 rings (SSSR count). The van der Waals surface area contributed by atoms with E-state index in [-0.39, 0.29) is 12.5 Å². The van der Waals surface area contributed by atoms with Crippen LogP contribution in [0.25, 0.3) is 0 Å². The fourth-order valence-electron chi connectivity index (χ4n) is 2.55. The van der Waals surface area contributed by atoms with Crippen molar-refractivity contribution in [3.8, 4) is 5.75 Å². The van der Waals surface area contributed by atoms with E-state index in [2.05, 4.69) is 5.32 Å². The molecule has 0 saturated heterocycles. The fourth-order valence-corrected chi connectivity index (χ4v) is 2.55. The first-order valence-corrected chi connectivity index (χ1v) is 8.76. The molecule has 0 aliphatic carbocycles. The number of rotatable bonds is 8. The zero-order valence-corrected chi connectivity index (χ0v) is 16.2. The van der Waals surface area contributed by atoms with Gasteiger partial charge in [0, 0.05) is 12.2 Å². The second-order valence-electron chi connectivity index (χ2n) is 6.42. The molecule has 0 spiro atoms. The molecule has 0 unspecified atom stereocenters. The molecule has 0 aromatic heterocycles. The van der Waals surface area contributed by atoms with E-state index < -0.39 is 5.97 Å². The maximum Gasteiger partial charge on any atom is 0.337 e.